The Balaban J connectivity index is 0.000000671. The Bertz CT molecular complexity index is 272. The van der Waals surface area contributed by atoms with Crippen LogP contribution in [-0.2, 0) is 0 Å². The Morgan fingerprint density at radius 2 is 1.62 bits per heavy atom. The van der Waals surface area contributed by atoms with Gasteiger partial charge in [-0.1, -0.05) is 37.0 Å². The van der Waals surface area contributed by atoms with Crippen molar-refractivity contribution in [3.8, 4) is 5.75 Å². The van der Waals surface area contributed by atoms with Crippen LogP contribution >= 0.6 is 23.2 Å². The summed E-state index contributed by atoms with van der Waals surface area (Å²) in [6.07, 6.45) is 0. The summed E-state index contributed by atoms with van der Waals surface area (Å²) in [4.78, 5) is 0. The minimum Gasteiger partial charge on any atom is -0.495 e. The first kappa shape index (κ1) is 12.6. The average molecular weight is 221 g/mol. The zero-order valence-corrected chi connectivity index (χ0v) is 9.83. The molecule has 1 nitrogen and oxygen atoms in total. The second-order valence-corrected chi connectivity index (χ2v) is 3.05. The van der Waals surface area contributed by atoms with Crippen LogP contribution in [0.1, 0.15) is 19.4 Å². The van der Waals surface area contributed by atoms with Crippen LogP contribution in [0.15, 0.2) is 12.1 Å². The lowest BCUT2D eigenvalue weighted by molar-refractivity contribution is 0.414. The molecule has 1 rings (SSSR count). The summed E-state index contributed by atoms with van der Waals surface area (Å²) in [7, 11) is 1.58. The van der Waals surface area contributed by atoms with Gasteiger partial charge in [0.1, 0.15) is 5.75 Å². The summed E-state index contributed by atoms with van der Waals surface area (Å²) in [6.45, 7) is 5.90. The lowest BCUT2D eigenvalue weighted by Gasteiger charge is -2.04. The van der Waals surface area contributed by atoms with Crippen molar-refractivity contribution in [2.24, 2.45) is 0 Å². The molecule has 0 atom stereocenters. The first-order valence-corrected chi connectivity index (χ1v) is 4.90. The molecule has 0 aliphatic carbocycles. The van der Waals surface area contributed by atoms with Crippen LogP contribution in [0.25, 0.3) is 0 Å². The van der Waals surface area contributed by atoms with Gasteiger partial charge in [-0.05, 0) is 24.6 Å². The summed E-state index contributed by atoms with van der Waals surface area (Å²) >= 11 is 11.6. The Morgan fingerprint density at radius 3 is 2.08 bits per heavy atom. The zero-order chi connectivity index (χ0) is 10.4. The van der Waals surface area contributed by atoms with E-state index in [0.717, 1.165) is 5.56 Å². The largest absolute Gasteiger partial charge is 0.495 e. The number of methoxy groups -OCH3 is 1. The first-order chi connectivity index (χ1) is 6.15. The van der Waals surface area contributed by atoms with Crippen molar-refractivity contribution >= 4 is 23.2 Å². The van der Waals surface area contributed by atoms with E-state index in [4.69, 9.17) is 27.9 Å². The maximum absolute atomic E-state index is 5.80. The van der Waals surface area contributed by atoms with Crippen LogP contribution in [0.5, 0.6) is 5.75 Å². The average Bonchev–Trinajstić information content (AvgIpc) is 2.15. The third-order valence-corrected chi connectivity index (χ3v) is 2.14. The predicted octanol–water partition coefficient (Wildman–Crippen LogP) is 4.34. The van der Waals surface area contributed by atoms with Crippen molar-refractivity contribution in [3.63, 3.8) is 0 Å². The smallest absolute Gasteiger partial charge is 0.137 e. The van der Waals surface area contributed by atoms with Crippen LogP contribution in [0.2, 0.25) is 10.0 Å². The number of hydrogen-bond acceptors (Lipinski definition) is 1. The lowest BCUT2D eigenvalue weighted by atomic mass is 10.2. The van der Waals surface area contributed by atoms with E-state index in [2.05, 4.69) is 0 Å². The van der Waals surface area contributed by atoms with E-state index in [1.54, 1.807) is 13.2 Å². The summed E-state index contributed by atoms with van der Waals surface area (Å²) in [6, 6.07) is 3.49. The molecule has 3 heteroatoms. The third-order valence-electron chi connectivity index (χ3n) is 1.43. The van der Waals surface area contributed by atoms with Crippen molar-refractivity contribution in [2.45, 2.75) is 20.8 Å². The highest BCUT2D eigenvalue weighted by Crippen LogP contribution is 2.29. The van der Waals surface area contributed by atoms with Crippen LogP contribution in [0.3, 0.4) is 0 Å². The Hall–Kier alpha value is -0.400. The van der Waals surface area contributed by atoms with E-state index >= 15 is 0 Å². The molecule has 0 fully saturated rings. The number of halogens is 2. The predicted molar refractivity (Wildman–Crippen MR) is 59.1 cm³/mol. The molecule has 0 aliphatic rings. The normalized spacial score (nSPS) is 8.77. The van der Waals surface area contributed by atoms with Crippen molar-refractivity contribution in [1.82, 2.24) is 0 Å². The van der Waals surface area contributed by atoms with Crippen LogP contribution in [-0.4, -0.2) is 7.11 Å². The molecule has 0 heterocycles. The number of ether oxygens (including phenoxy) is 1. The molecule has 0 N–H and O–H groups in total. The second-order valence-electron chi connectivity index (χ2n) is 2.24. The molecule has 0 aromatic heterocycles. The van der Waals surface area contributed by atoms with Crippen LogP contribution < -0.4 is 4.74 Å². The fourth-order valence-corrected chi connectivity index (χ4v) is 1.25. The van der Waals surface area contributed by atoms with Crippen molar-refractivity contribution in [3.05, 3.63) is 27.7 Å². The molecule has 1 aromatic rings. The minimum atomic E-state index is 0.545. The fourth-order valence-electron chi connectivity index (χ4n) is 0.787. The summed E-state index contributed by atoms with van der Waals surface area (Å²) in [5, 5.41) is 1.21. The molecule has 0 aliphatic heterocycles. The molecular weight excluding hydrogens is 207 g/mol. The van der Waals surface area contributed by atoms with E-state index in [1.807, 2.05) is 26.8 Å². The molecule has 1 aromatic carbocycles. The van der Waals surface area contributed by atoms with Gasteiger partial charge in [0.15, 0.2) is 0 Å². The van der Waals surface area contributed by atoms with Crippen molar-refractivity contribution < 1.29 is 4.74 Å². The van der Waals surface area contributed by atoms with E-state index in [-0.39, 0.29) is 0 Å². The van der Waals surface area contributed by atoms with Gasteiger partial charge in [0, 0.05) is 5.02 Å². The fraction of sp³-hybridized carbons (Fsp3) is 0.400. The molecule has 0 radical (unpaired) electrons. The van der Waals surface area contributed by atoms with Gasteiger partial charge in [0.05, 0.1) is 12.1 Å². The highest BCUT2D eigenvalue weighted by atomic mass is 35.5. The number of aryl methyl sites for hydroxylation is 1. The maximum Gasteiger partial charge on any atom is 0.137 e. The van der Waals surface area contributed by atoms with Crippen molar-refractivity contribution in [1.29, 1.82) is 0 Å². The van der Waals surface area contributed by atoms with Gasteiger partial charge in [-0.25, -0.2) is 0 Å². The van der Waals surface area contributed by atoms with E-state index < -0.39 is 0 Å². The van der Waals surface area contributed by atoms with Gasteiger partial charge < -0.3 is 4.74 Å². The minimum absolute atomic E-state index is 0.545. The molecule has 0 spiro atoms. The quantitative estimate of drug-likeness (QED) is 0.685. The molecule has 0 saturated carbocycles. The van der Waals surface area contributed by atoms with Gasteiger partial charge in [-0.15, -0.1) is 0 Å². The third kappa shape index (κ3) is 3.45. The lowest BCUT2D eigenvalue weighted by Crippen LogP contribution is -1.85. The molecule has 0 saturated heterocycles. The maximum atomic E-state index is 5.80. The Kier molecular flexibility index (Phi) is 5.93. The molecule has 0 amide bonds. The summed E-state index contributed by atoms with van der Waals surface area (Å²) < 4.78 is 4.99. The monoisotopic (exact) mass is 220 g/mol. The second kappa shape index (κ2) is 6.11. The molecule has 13 heavy (non-hydrogen) atoms. The number of hydrogen-bond donors (Lipinski definition) is 0. The SMILES string of the molecule is CC.COc1cc(C)c(Cl)cc1Cl. The molecular formula is C10H14Cl2O. The van der Waals surface area contributed by atoms with E-state index in [9.17, 15) is 0 Å². The van der Waals surface area contributed by atoms with E-state index in [0.29, 0.717) is 15.8 Å². The van der Waals surface area contributed by atoms with Crippen molar-refractivity contribution in [2.75, 3.05) is 7.11 Å². The van der Waals surface area contributed by atoms with Gasteiger partial charge >= 0.3 is 0 Å². The Labute approximate surface area is 89.6 Å². The van der Waals surface area contributed by atoms with Gasteiger partial charge in [0.2, 0.25) is 0 Å². The number of rotatable bonds is 1. The van der Waals surface area contributed by atoms with Crippen LogP contribution in [0, 0.1) is 6.92 Å². The highest BCUT2D eigenvalue weighted by molar-refractivity contribution is 6.35. The molecule has 0 unspecified atom stereocenters. The van der Waals surface area contributed by atoms with Gasteiger partial charge in [0.25, 0.3) is 0 Å². The first-order valence-electron chi connectivity index (χ1n) is 4.15. The van der Waals surface area contributed by atoms with Gasteiger partial charge in [-0.2, -0.15) is 0 Å². The van der Waals surface area contributed by atoms with Gasteiger partial charge in [-0.3, -0.25) is 0 Å². The molecule has 0 bridgehead atoms. The molecule has 74 valence electrons. The highest BCUT2D eigenvalue weighted by Gasteiger charge is 2.03. The number of benzene rings is 1. The zero-order valence-electron chi connectivity index (χ0n) is 8.32. The van der Waals surface area contributed by atoms with E-state index in [1.165, 1.54) is 0 Å². The topological polar surface area (TPSA) is 9.23 Å². The Morgan fingerprint density at radius 1 is 1.08 bits per heavy atom. The standard InChI is InChI=1S/C8H8Cl2O.C2H6/c1-5-3-8(11-2)7(10)4-6(5)9;1-2/h3-4H,1-2H3;1-2H3. The summed E-state index contributed by atoms with van der Waals surface area (Å²) in [5.41, 5.74) is 0.966. The summed E-state index contributed by atoms with van der Waals surface area (Å²) in [5.74, 6) is 0.661. The van der Waals surface area contributed by atoms with Crippen LogP contribution in [0.4, 0.5) is 0 Å².